The Morgan fingerprint density at radius 1 is 1.09 bits per heavy atom. The molecule has 0 amide bonds. The molecule has 0 aliphatic rings. The Bertz CT molecular complexity index is 578. The number of thioether (sulfide) groups is 1. The Balaban J connectivity index is 2.20. The van der Waals surface area contributed by atoms with E-state index in [-0.39, 0.29) is 32.4 Å². The first-order valence-electron chi connectivity index (χ1n) is 7.37. The number of benzene rings is 2. The molecule has 22 heavy (non-hydrogen) atoms. The molecule has 4 heteroatoms. The number of hydrogen-bond acceptors (Lipinski definition) is 3. The molecule has 0 fully saturated rings. The van der Waals surface area contributed by atoms with Gasteiger partial charge in [0.25, 0.3) is 0 Å². The van der Waals surface area contributed by atoms with Gasteiger partial charge < -0.3 is 0 Å². The van der Waals surface area contributed by atoms with E-state index >= 15 is 0 Å². The molecule has 0 heterocycles. The van der Waals surface area contributed by atoms with Crippen molar-refractivity contribution in [1.29, 1.82) is 0 Å². The molecule has 0 bridgehead atoms. The van der Waals surface area contributed by atoms with Crippen LogP contribution in [0.15, 0.2) is 54.6 Å². The van der Waals surface area contributed by atoms with Gasteiger partial charge >= 0.3 is 144 Å². The van der Waals surface area contributed by atoms with E-state index in [1.54, 1.807) is 0 Å². The number of aliphatic hydroxyl groups is 1. The van der Waals surface area contributed by atoms with Gasteiger partial charge in [0.15, 0.2) is 0 Å². The Kier molecular flexibility index (Phi) is 7.00. The van der Waals surface area contributed by atoms with Crippen LogP contribution in [0.3, 0.4) is 0 Å². The first kappa shape index (κ1) is 17.6. The molecule has 0 unspecified atom stereocenters. The first-order chi connectivity index (χ1) is 10.7. The van der Waals surface area contributed by atoms with Crippen molar-refractivity contribution in [2.45, 2.75) is 23.0 Å². The molecule has 0 saturated carbocycles. The Morgan fingerprint density at radius 2 is 1.73 bits per heavy atom. The molecule has 0 spiro atoms. The monoisotopic (exact) mass is 381 g/mol. The van der Waals surface area contributed by atoms with Crippen LogP contribution in [0.4, 0.5) is 0 Å². The molecule has 2 aromatic rings. The molecule has 3 atom stereocenters. The molecule has 118 valence electrons. The van der Waals surface area contributed by atoms with E-state index in [1.165, 1.54) is 10.0 Å². The summed E-state index contributed by atoms with van der Waals surface area (Å²) in [6, 6.07) is 18.5. The van der Waals surface area contributed by atoms with Gasteiger partial charge in [-0.1, -0.05) is 0 Å². The zero-order valence-electron chi connectivity index (χ0n) is 13.0. The number of rotatable bonds is 7. The van der Waals surface area contributed by atoms with Crippen molar-refractivity contribution in [2.24, 2.45) is 5.73 Å². The minimum atomic E-state index is -0.121. The van der Waals surface area contributed by atoms with E-state index in [0.717, 1.165) is 5.56 Å². The van der Waals surface area contributed by atoms with Crippen LogP contribution in [0.1, 0.15) is 29.3 Å². The second-order valence-corrected chi connectivity index (χ2v) is 9.06. The quantitative estimate of drug-likeness (QED) is 0.726. The zero-order chi connectivity index (χ0) is 15.9. The van der Waals surface area contributed by atoms with Crippen molar-refractivity contribution in [1.82, 2.24) is 0 Å². The predicted octanol–water partition coefficient (Wildman–Crippen LogP) is 2.92. The fourth-order valence-corrected chi connectivity index (χ4v) is 5.56. The van der Waals surface area contributed by atoms with Crippen LogP contribution in [0.2, 0.25) is 4.82 Å². The molecule has 0 radical (unpaired) electrons. The van der Waals surface area contributed by atoms with Crippen LogP contribution < -0.4 is 10.2 Å². The summed E-state index contributed by atoms with van der Waals surface area (Å²) >= 11 is 1.99. The van der Waals surface area contributed by atoms with E-state index in [4.69, 9.17) is 5.73 Å². The molecule has 2 nitrogen and oxygen atoms in total. The first-order valence-corrected chi connectivity index (χ1v) is 10.5. The van der Waals surface area contributed by atoms with Gasteiger partial charge in [0.2, 0.25) is 0 Å². The van der Waals surface area contributed by atoms with Crippen LogP contribution in [0.5, 0.6) is 0 Å². The molecular formula is C18H23NOSSe. The maximum absolute atomic E-state index is 9.84. The normalized spacial score (nSPS) is 15.3. The minimum absolute atomic E-state index is 0.0881. The summed E-state index contributed by atoms with van der Waals surface area (Å²) in [7, 11) is 0. The Morgan fingerprint density at radius 3 is 2.36 bits per heavy atom. The molecule has 3 N–H and O–H groups in total. The molecule has 0 aliphatic heterocycles. The van der Waals surface area contributed by atoms with Gasteiger partial charge in [-0.2, -0.15) is 0 Å². The molecule has 2 aromatic carbocycles. The van der Waals surface area contributed by atoms with Crippen molar-refractivity contribution in [3.63, 3.8) is 0 Å². The Hall–Kier alpha value is -0.771. The summed E-state index contributed by atoms with van der Waals surface area (Å²) in [4.78, 5) is 0.0881. The molecule has 0 aromatic heterocycles. The van der Waals surface area contributed by atoms with Crippen molar-refractivity contribution < 1.29 is 5.11 Å². The predicted molar refractivity (Wildman–Crippen MR) is 98.0 cm³/mol. The fourth-order valence-electron chi connectivity index (χ4n) is 2.33. The second kappa shape index (κ2) is 8.76. The molecule has 2 rings (SSSR count). The third kappa shape index (κ3) is 4.37. The topological polar surface area (TPSA) is 46.2 Å². The number of nitrogens with two attached hydrogens (primary N) is 1. The summed E-state index contributed by atoms with van der Waals surface area (Å²) in [5.74, 6) is 0. The van der Waals surface area contributed by atoms with E-state index in [9.17, 15) is 5.11 Å². The average molecular weight is 380 g/mol. The van der Waals surface area contributed by atoms with Crippen molar-refractivity contribution in [3.8, 4) is 0 Å². The summed E-state index contributed by atoms with van der Waals surface area (Å²) < 4.78 is 1.35. The Labute approximate surface area is 143 Å². The van der Waals surface area contributed by atoms with Gasteiger partial charge in [-0.15, -0.1) is 0 Å². The zero-order valence-corrected chi connectivity index (χ0v) is 15.5. The van der Waals surface area contributed by atoms with Crippen LogP contribution >= 0.6 is 11.8 Å². The molecular weight excluding hydrogens is 357 g/mol. The van der Waals surface area contributed by atoms with Crippen LogP contribution in [-0.2, 0) is 0 Å². The SMILES string of the molecule is CS[C@@H](C)c1ccccc1[Se][C@@H](CO)[C@H](N)c1ccccc1. The second-order valence-electron chi connectivity index (χ2n) is 5.19. The van der Waals surface area contributed by atoms with Crippen molar-refractivity contribution in [3.05, 3.63) is 65.7 Å². The number of hydrogen-bond donors (Lipinski definition) is 2. The summed E-state index contributed by atoms with van der Waals surface area (Å²) in [6.45, 7) is 2.35. The van der Waals surface area contributed by atoms with Gasteiger partial charge in [-0.25, -0.2) is 0 Å². The maximum atomic E-state index is 9.84. The van der Waals surface area contributed by atoms with Gasteiger partial charge in [-0.05, 0) is 0 Å². The van der Waals surface area contributed by atoms with Crippen LogP contribution in [0, 0.1) is 0 Å². The van der Waals surface area contributed by atoms with Crippen molar-refractivity contribution >= 4 is 31.2 Å². The average Bonchev–Trinajstić information content (AvgIpc) is 2.59. The summed E-state index contributed by atoms with van der Waals surface area (Å²) in [5.41, 5.74) is 8.87. The number of aliphatic hydroxyl groups excluding tert-OH is 1. The van der Waals surface area contributed by atoms with E-state index in [0.29, 0.717) is 5.25 Å². The van der Waals surface area contributed by atoms with Crippen LogP contribution in [0.25, 0.3) is 0 Å². The summed E-state index contributed by atoms with van der Waals surface area (Å²) in [6.07, 6.45) is 2.13. The van der Waals surface area contributed by atoms with E-state index < -0.39 is 0 Å². The van der Waals surface area contributed by atoms with Gasteiger partial charge in [0.1, 0.15) is 0 Å². The van der Waals surface area contributed by atoms with Gasteiger partial charge in [-0.3, -0.25) is 0 Å². The van der Waals surface area contributed by atoms with Gasteiger partial charge in [0.05, 0.1) is 0 Å². The van der Waals surface area contributed by atoms with E-state index in [2.05, 4.69) is 37.4 Å². The van der Waals surface area contributed by atoms with E-state index in [1.807, 2.05) is 42.1 Å². The fraction of sp³-hybridized carbons (Fsp3) is 0.333. The summed E-state index contributed by atoms with van der Waals surface area (Å²) in [5, 5.41) is 10.3. The van der Waals surface area contributed by atoms with Gasteiger partial charge in [0, 0.05) is 0 Å². The standard InChI is InChI=1S/C18H23NOSSe/c1-13(21-2)15-10-6-7-11-16(15)22-17(12-20)18(19)14-8-4-3-5-9-14/h3-11,13,17-18,20H,12,19H2,1-2H3/t13-,17-,18+/m0/s1. The molecule has 0 saturated heterocycles. The third-order valence-corrected chi connectivity index (χ3v) is 7.59. The van der Waals surface area contributed by atoms with Crippen molar-refractivity contribution in [2.75, 3.05) is 12.9 Å². The molecule has 0 aliphatic carbocycles. The third-order valence-electron chi connectivity index (χ3n) is 3.75. The van der Waals surface area contributed by atoms with Crippen LogP contribution in [-0.4, -0.2) is 32.9 Å².